The van der Waals surface area contributed by atoms with Crippen LogP contribution in [0.25, 0.3) is 0 Å². The summed E-state index contributed by atoms with van der Waals surface area (Å²) in [4.78, 5) is 14.3. The van der Waals surface area contributed by atoms with Gasteiger partial charge in [0.1, 0.15) is 11.6 Å². The molecule has 0 aromatic heterocycles. The summed E-state index contributed by atoms with van der Waals surface area (Å²) >= 11 is 0. The van der Waals surface area contributed by atoms with Gasteiger partial charge in [-0.25, -0.2) is 8.78 Å². The molecule has 3 nitrogen and oxygen atoms in total. The molecule has 1 saturated heterocycles. The van der Waals surface area contributed by atoms with E-state index >= 15 is 0 Å². The maximum absolute atomic E-state index is 13.8. The van der Waals surface area contributed by atoms with Crippen LogP contribution in [0.2, 0.25) is 0 Å². The zero-order chi connectivity index (χ0) is 15.9. The third kappa shape index (κ3) is 3.66. The van der Waals surface area contributed by atoms with Crippen molar-refractivity contribution in [2.75, 3.05) is 13.1 Å². The van der Waals surface area contributed by atoms with Crippen LogP contribution < -0.4 is 5.73 Å². The first-order valence-electron chi connectivity index (χ1n) is 7.94. The van der Waals surface area contributed by atoms with E-state index in [0.717, 1.165) is 32.0 Å². The first-order chi connectivity index (χ1) is 10.5. The molecule has 1 aliphatic carbocycles. The second-order valence-electron chi connectivity index (χ2n) is 6.73. The van der Waals surface area contributed by atoms with Crippen molar-refractivity contribution in [1.82, 2.24) is 4.90 Å². The third-order valence-corrected chi connectivity index (χ3v) is 5.24. The fourth-order valence-electron chi connectivity index (χ4n) is 3.91. The van der Waals surface area contributed by atoms with Gasteiger partial charge in [0.15, 0.2) is 0 Å². The summed E-state index contributed by atoms with van der Waals surface area (Å²) < 4.78 is 26.7. The highest BCUT2D eigenvalue weighted by molar-refractivity contribution is 5.85. The summed E-state index contributed by atoms with van der Waals surface area (Å²) in [5.41, 5.74) is 6.48. The number of fused-ring (bicyclic) bond motifs is 1. The molecular formula is C17H23ClF2N2O. The van der Waals surface area contributed by atoms with Crippen molar-refractivity contribution in [2.45, 2.75) is 38.1 Å². The van der Waals surface area contributed by atoms with E-state index in [0.29, 0.717) is 17.4 Å². The molecule has 2 aliphatic rings. The van der Waals surface area contributed by atoms with Crippen molar-refractivity contribution in [2.24, 2.45) is 17.6 Å². The van der Waals surface area contributed by atoms with E-state index in [4.69, 9.17) is 5.73 Å². The fraction of sp³-hybridized carbons (Fsp3) is 0.588. The minimum Gasteiger partial charge on any atom is -0.342 e. The van der Waals surface area contributed by atoms with Gasteiger partial charge < -0.3 is 10.6 Å². The van der Waals surface area contributed by atoms with Crippen LogP contribution in [0, 0.1) is 23.5 Å². The highest BCUT2D eigenvalue weighted by atomic mass is 35.5. The van der Waals surface area contributed by atoms with Gasteiger partial charge in [-0.15, -0.1) is 12.4 Å². The molecule has 1 saturated carbocycles. The molecule has 128 valence electrons. The zero-order valence-corrected chi connectivity index (χ0v) is 14.0. The summed E-state index contributed by atoms with van der Waals surface area (Å²) in [6.07, 6.45) is 2.39. The first-order valence-corrected chi connectivity index (χ1v) is 7.94. The molecule has 0 radical (unpaired) electrons. The number of rotatable bonds is 3. The summed E-state index contributed by atoms with van der Waals surface area (Å²) in [6.45, 7) is 3.30. The maximum Gasteiger partial charge on any atom is 0.223 e. The predicted molar refractivity (Wildman–Crippen MR) is 87.4 cm³/mol. The van der Waals surface area contributed by atoms with Crippen LogP contribution in [0.3, 0.4) is 0 Å². The van der Waals surface area contributed by atoms with Crippen LogP contribution in [0.1, 0.15) is 37.7 Å². The summed E-state index contributed by atoms with van der Waals surface area (Å²) in [7, 11) is 0. The van der Waals surface area contributed by atoms with Gasteiger partial charge in [0.05, 0.1) is 0 Å². The van der Waals surface area contributed by atoms with Gasteiger partial charge in [0.25, 0.3) is 0 Å². The lowest BCUT2D eigenvalue weighted by Crippen LogP contribution is -2.34. The molecule has 4 unspecified atom stereocenters. The second-order valence-corrected chi connectivity index (χ2v) is 6.73. The van der Waals surface area contributed by atoms with Crippen molar-refractivity contribution in [3.05, 3.63) is 35.4 Å². The van der Waals surface area contributed by atoms with Crippen LogP contribution in [0.5, 0.6) is 0 Å². The molecule has 2 fully saturated rings. The number of nitrogens with two attached hydrogens (primary N) is 1. The monoisotopic (exact) mass is 344 g/mol. The zero-order valence-electron chi connectivity index (χ0n) is 13.2. The molecule has 1 aromatic carbocycles. The van der Waals surface area contributed by atoms with Crippen molar-refractivity contribution >= 4 is 18.3 Å². The standard InChI is InChI=1S/C17H22F2N2O.ClH/c1-10(13-4-3-12(18)7-15(13)19)6-17(22)21-8-11-2-5-16(20)14(11)9-21;/h3-4,7,10-11,14,16H,2,5-6,8-9,20H2,1H3;1H. The first kappa shape index (κ1) is 18.1. The van der Waals surface area contributed by atoms with Gasteiger partial charge in [-0.3, -0.25) is 4.79 Å². The lowest BCUT2D eigenvalue weighted by atomic mass is 9.96. The Balaban J connectivity index is 0.00000192. The Morgan fingerprint density at radius 3 is 2.74 bits per heavy atom. The van der Waals surface area contributed by atoms with E-state index in [2.05, 4.69) is 0 Å². The smallest absolute Gasteiger partial charge is 0.223 e. The minimum atomic E-state index is -0.596. The Kier molecular flexibility index (Phi) is 5.63. The molecule has 1 amide bonds. The van der Waals surface area contributed by atoms with Gasteiger partial charge in [-0.2, -0.15) is 0 Å². The fourth-order valence-corrected chi connectivity index (χ4v) is 3.91. The average molecular weight is 345 g/mol. The van der Waals surface area contributed by atoms with Crippen molar-refractivity contribution in [1.29, 1.82) is 0 Å². The number of likely N-dealkylation sites (tertiary alicyclic amines) is 1. The number of amides is 1. The van der Waals surface area contributed by atoms with Crippen molar-refractivity contribution < 1.29 is 13.6 Å². The van der Waals surface area contributed by atoms with Crippen LogP contribution >= 0.6 is 12.4 Å². The number of carbonyl (C=O) groups is 1. The molecule has 0 spiro atoms. The Bertz CT molecular complexity index is 584. The summed E-state index contributed by atoms with van der Waals surface area (Å²) in [5, 5.41) is 0. The number of halogens is 3. The Labute approximate surface area is 141 Å². The van der Waals surface area contributed by atoms with Gasteiger partial charge in [-0.1, -0.05) is 13.0 Å². The van der Waals surface area contributed by atoms with Gasteiger partial charge in [0, 0.05) is 31.6 Å². The van der Waals surface area contributed by atoms with Gasteiger partial charge in [0.2, 0.25) is 5.91 Å². The lowest BCUT2D eigenvalue weighted by Gasteiger charge is -2.21. The Morgan fingerprint density at radius 2 is 2.09 bits per heavy atom. The van der Waals surface area contributed by atoms with E-state index in [9.17, 15) is 13.6 Å². The summed E-state index contributed by atoms with van der Waals surface area (Å²) in [5.74, 6) is -0.458. The third-order valence-electron chi connectivity index (χ3n) is 5.24. The number of benzene rings is 1. The van der Waals surface area contributed by atoms with Crippen molar-refractivity contribution in [3.63, 3.8) is 0 Å². The van der Waals surface area contributed by atoms with Crippen molar-refractivity contribution in [3.8, 4) is 0 Å². The lowest BCUT2D eigenvalue weighted by molar-refractivity contribution is -0.130. The molecule has 0 bridgehead atoms. The molecule has 6 heteroatoms. The largest absolute Gasteiger partial charge is 0.342 e. The molecular weight excluding hydrogens is 322 g/mol. The molecule has 1 aliphatic heterocycles. The number of hydrogen-bond acceptors (Lipinski definition) is 2. The number of carbonyl (C=O) groups excluding carboxylic acids is 1. The molecule has 2 N–H and O–H groups in total. The Morgan fingerprint density at radius 1 is 1.35 bits per heavy atom. The topological polar surface area (TPSA) is 46.3 Å². The average Bonchev–Trinajstić information content (AvgIpc) is 3.01. The van der Waals surface area contributed by atoms with E-state index in [1.807, 2.05) is 4.90 Å². The van der Waals surface area contributed by atoms with Crippen LogP contribution in [0.15, 0.2) is 18.2 Å². The molecule has 3 rings (SSSR count). The van der Waals surface area contributed by atoms with E-state index in [-0.39, 0.29) is 36.7 Å². The highest BCUT2D eigenvalue weighted by Crippen LogP contribution is 2.37. The van der Waals surface area contributed by atoms with Crippen LogP contribution in [-0.2, 0) is 4.79 Å². The maximum atomic E-state index is 13.8. The minimum absolute atomic E-state index is 0. The SMILES string of the molecule is CC(CC(=O)N1CC2CCC(N)C2C1)c1ccc(F)cc1F.Cl. The van der Waals surface area contributed by atoms with Gasteiger partial charge >= 0.3 is 0 Å². The molecule has 1 heterocycles. The van der Waals surface area contributed by atoms with Crippen LogP contribution in [-0.4, -0.2) is 29.9 Å². The Hall–Kier alpha value is -1.20. The normalized spacial score (nSPS) is 27.5. The quantitative estimate of drug-likeness (QED) is 0.916. The number of hydrogen-bond donors (Lipinski definition) is 1. The van der Waals surface area contributed by atoms with E-state index < -0.39 is 11.6 Å². The summed E-state index contributed by atoms with van der Waals surface area (Å²) in [6, 6.07) is 3.74. The number of nitrogens with zero attached hydrogens (tertiary/aromatic N) is 1. The van der Waals surface area contributed by atoms with E-state index in [1.54, 1.807) is 6.92 Å². The highest BCUT2D eigenvalue weighted by Gasteiger charge is 2.42. The predicted octanol–water partition coefficient (Wildman–Crippen LogP) is 3.08. The molecule has 1 aromatic rings. The molecule has 23 heavy (non-hydrogen) atoms. The molecule has 4 atom stereocenters. The van der Waals surface area contributed by atoms with E-state index in [1.165, 1.54) is 12.1 Å². The van der Waals surface area contributed by atoms with Crippen LogP contribution in [0.4, 0.5) is 8.78 Å². The second kappa shape index (κ2) is 7.14. The van der Waals surface area contributed by atoms with Gasteiger partial charge in [-0.05, 0) is 42.2 Å².